The van der Waals surface area contributed by atoms with Crippen LogP contribution in [0, 0.1) is 5.92 Å². The Hall–Kier alpha value is -3.10. The van der Waals surface area contributed by atoms with Crippen molar-refractivity contribution < 1.29 is 29.0 Å². The molecule has 0 aliphatic rings. The zero-order valence-corrected chi connectivity index (χ0v) is 18.7. The Kier molecular flexibility index (Phi) is 9.98. The molecule has 0 aliphatic heterocycles. The van der Waals surface area contributed by atoms with Gasteiger partial charge < -0.3 is 25.8 Å². The Morgan fingerprint density at radius 1 is 1.00 bits per heavy atom. The number of carbonyl (C=O) groups excluding carboxylic acids is 3. The van der Waals surface area contributed by atoms with Gasteiger partial charge in [-0.15, -0.1) is 0 Å². The van der Waals surface area contributed by atoms with Crippen LogP contribution in [0.5, 0.6) is 0 Å². The van der Waals surface area contributed by atoms with Crippen LogP contribution in [0.4, 0.5) is 4.79 Å². The van der Waals surface area contributed by atoms with Crippen LogP contribution >= 0.6 is 0 Å². The quantitative estimate of drug-likeness (QED) is 0.443. The Bertz CT molecular complexity index is 758. The molecule has 0 radical (unpaired) electrons. The average Bonchev–Trinajstić information content (AvgIpc) is 2.64. The molecule has 1 rings (SSSR count). The number of carbonyl (C=O) groups is 4. The van der Waals surface area contributed by atoms with Gasteiger partial charge in [-0.2, -0.15) is 0 Å². The lowest BCUT2D eigenvalue weighted by Gasteiger charge is -2.24. The van der Waals surface area contributed by atoms with Crippen molar-refractivity contribution in [1.82, 2.24) is 16.0 Å². The molecule has 0 saturated heterocycles. The van der Waals surface area contributed by atoms with Crippen molar-refractivity contribution in [3.05, 3.63) is 35.9 Å². The fourth-order valence-corrected chi connectivity index (χ4v) is 2.74. The molecule has 0 aliphatic carbocycles. The minimum absolute atomic E-state index is 0.0989. The summed E-state index contributed by atoms with van der Waals surface area (Å²) in [6.45, 7) is 8.51. The fourth-order valence-electron chi connectivity index (χ4n) is 2.74. The summed E-state index contributed by atoms with van der Waals surface area (Å²) in [5.74, 6) is -2.27. The normalized spacial score (nSPS) is 13.1. The highest BCUT2D eigenvalue weighted by atomic mass is 16.6. The number of rotatable bonds is 10. The Balaban J connectivity index is 2.64. The summed E-state index contributed by atoms with van der Waals surface area (Å²) in [4.78, 5) is 48.2. The number of carboxylic acids is 1. The maximum atomic E-state index is 12.5. The number of carboxylic acid groups (broad SMARTS) is 1. The van der Waals surface area contributed by atoms with E-state index in [9.17, 15) is 24.3 Å². The van der Waals surface area contributed by atoms with Crippen LogP contribution in [0.15, 0.2) is 30.3 Å². The number of alkyl carbamates (subject to hydrolysis) is 1. The molecule has 1 aromatic rings. The lowest BCUT2D eigenvalue weighted by Crippen LogP contribution is -2.52. The van der Waals surface area contributed by atoms with Crippen molar-refractivity contribution in [1.29, 1.82) is 0 Å². The first-order chi connectivity index (χ1) is 14.4. The molecule has 4 N–H and O–H groups in total. The van der Waals surface area contributed by atoms with Gasteiger partial charge >= 0.3 is 12.1 Å². The molecule has 0 heterocycles. The third-order valence-corrected chi connectivity index (χ3v) is 4.05. The highest BCUT2D eigenvalue weighted by Gasteiger charge is 2.26. The van der Waals surface area contributed by atoms with Crippen molar-refractivity contribution in [2.24, 2.45) is 5.92 Å². The molecular weight excluding hydrogens is 402 g/mol. The van der Waals surface area contributed by atoms with E-state index in [2.05, 4.69) is 16.0 Å². The number of nitrogens with one attached hydrogen (secondary N) is 3. The lowest BCUT2D eigenvalue weighted by atomic mass is 10.0. The third-order valence-electron chi connectivity index (χ3n) is 4.05. The molecule has 31 heavy (non-hydrogen) atoms. The van der Waals surface area contributed by atoms with E-state index in [1.807, 2.05) is 19.9 Å². The fraction of sp³-hybridized carbons (Fsp3) is 0.545. The minimum atomic E-state index is -1.17. The molecule has 0 fully saturated rings. The van der Waals surface area contributed by atoms with Crippen LogP contribution in [0.1, 0.15) is 46.6 Å². The van der Waals surface area contributed by atoms with Crippen molar-refractivity contribution in [3.63, 3.8) is 0 Å². The maximum Gasteiger partial charge on any atom is 0.408 e. The first-order valence-corrected chi connectivity index (χ1v) is 10.2. The number of amides is 3. The van der Waals surface area contributed by atoms with Gasteiger partial charge in [0.1, 0.15) is 17.7 Å². The van der Waals surface area contributed by atoms with E-state index >= 15 is 0 Å². The van der Waals surface area contributed by atoms with E-state index in [0.29, 0.717) is 6.42 Å². The third kappa shape index (κ3) is 11.0. The summed E-state index contributed by atoms with van der Waals surface area (Å²) in [5, 5.41) is 16.8. The summed E-state index contributed by atoms with van der Waals surface area (Å²) >= 11 is 0. The largest absolute Gasteiger partial charge is 0.480 e. The van der Waals surface area contributed by atoms with Gasteiger partial charge in [-0.3, -0.25) is 9.59 Å². The first-order valence-electron chi connectivity index (χ1n) is 10.2. The zero-order valence-electron chi connectivity index (χ0n) is 18.7. The second-order valence-corrected chi connectivity index (χ2v) is 8.69. The Labute approximate surface area is 182 Å². The Morgan fingerprint density at radius 2 is 1.61 bits per heavy atom. The predicted octanol–water partition coefficient (Wildman–Crippen LogP) is 1.85. The minimum Gasteiger partial charge on any atom is -0.480 e. The van der Waals surface area contributed by atoms with Gasteiger partial charge in [-0.25, -0.2) is 9.59 Å². The number of aliphatic carboxylic acids is 1. The van der Waals surface area contributed by atoms with E-state index in [-0.39, 0.29) is 12.3 Å². The monoisotopic (exact) mass is 435 g/mol. The number of hydrogen-bond acceptors (Lipinski definition) is 5. The molecule has 9 nitrogen and oxygen atoms in total. The van der Waals surface area contributed by atoms with Gasteiger partial charge in [0.05, 0.1) is 6.54 Å². The second kappa shape index (κ2) is 11.9. The van der Waals surface area contributed by atoms with Gasteiger partial charge in [-0.1, -0.05) is 44.2 Å². The van der Waals surface area contributed by atoms with Crippen LogP contribution in [-0.2, 0) is 25.5 Å². The molecule has 0 spiro atoms. The smallest absolute Gasteiger partial charge is 0.408 e. The number of benzene rings is 1. The van der Waals surface area contributed by atoms with Gasteiger partial charge in [0.25, 0.3) is 0 Å². The zero-order chi connectivity index (χ0) is 23.6. The maximum absolute atomic E-state index is 12.5. The lowest BCUT2D eigenvalue weighted by molar-refractivity contribution is -0.141. The molecule has 0 bridgehead atoms. The second-order valence-electron chi connectivity index (χ2n) is 8.69. The molecule has 1 aromatic carbocycles. The van der Waals surface area contributed by atoms with Crippen LogP contribution < -0.4 is 16.0 Å². The summed E-state index contributed by atoms with van der Waals surface area (Å²) < 4.78 is 5.19. The standard InChI is InChI=1S/C22H33N3O6/c1-14(2)11-16(25-21(30)31-22(3,4)5)19(27)23-13-18(26)24-17(20(28)29)12-15-9-7-6-8-10-15/h6-10,14,16-17H,11-13H2,1-5H3,(H,23,27)(H,24,26)(H,25,30)(H,28,29)/t16-,17-/m0/s1. The van der Waals surface area contributed by atoms with Crippen molar-refractivity contribution in [3.8, 4) is 0 Å². The van der Waals surface area contributed by atoms with Crippen molar-refractivity contribution in [2.45, 2.75) is 65.1 Å². The molecule has 3 amide bonds. The molecule has 9 heteroatoms. The topological polar surface area (TPSA) is 134 Å². The van der Waals surface area contributed by atoms with Gasteiger partial charge in [-0.05, 0) is 38.7 Å². The van der Waals surface area contributed by atoms with E-state index in [4.69, 9.17) is 4.74 Å². The molecule has 0 saturated carbocycles. The summed E-state index contributed by atoms with van der Waals surface area (Å²) in [5.41, 5.74) is 0.0470. The number of ether oxygens (including phenoxy) is 1. The first kappa shape index (κ1) is 25.9. The highest BCUT2D eigenvalue weighted by Crippen LogP contribution is 2.09. The van der Waals surface area contributed by atoms with Crippen LogP contribution in [0.25, 0.3) is 0 Å². The van der Waals surface area contributed by atoms with Crippen molar-refractivity contribution >= 4 is 23.9 Å². The Morgan fingerprint density at radius 3 is 2.13 bits per heavy atom. The van der Waals surface area contributed by atoms with E-state index in [1.54, 1.807) is 45.0 Å². The molecule has 2 atom stereocenters. The summed E-state index contributed by atoms with van der Waals surface area (Å²) in [6.07, 6.45) is -0.267. The molecule has 0 unspecified atom stereocenters. The molecule has 0 aromatic heterocycles. The van der Waals surface area contributed by atoms with E-state index in [0.717, 1.165) is 5.56 Å². The van der Waals surface area contributed by atoms with Gasteiger partial charge in [0, 0.05) is 6.42 Å². The van der Waals surface area contributed by atoms with E-state index < -0.39 is 48.1 Å². The SMILES string of the molecule is CC(C)C[C@H](NC(=O)OC(C)(C)C)C(=O)NCC(=O)N[C@@H](Cc1ccccc1)C(=O)O. The summed E-state index contributed by atoms with van der Waals surface area (Å²) in [7, 11) is 0. The molecule has 172 valence electrons. The van der Waals surface area contributed by atoms with Crippen LogP contribution in [0.2, 0.25) is 0 Å². The number of hydrogen-bond donors (Lipinski definition) is 4. The van der Waals surface area contributed by atoms with Gasteiger partial charge in [0.15, 0.2) is 0 Å². The van der Waals surface area contributed by atoms with Crippen molar-refractivity contribution in [2.75, 3.05) is 6.54 Å². The van der Waals surface area contributed by atoms with E-state index in [1.165, 1.54) is 0 Å². The van der Waals surface area contributed by atoms with Crippen LogP contribution in [-0.4, -0.2) is 53.2 Å². The van der Waals surface area contributed by atoms with Crippen LogP contribution in [0.3, 0.4) is 0 Å². The molecular formula is C22H33N3O6. The van der Waals surface area contributed by atoms with Gasteiger partial charge in [0.2, 0.25) is 11.8 Å². The summed E-state index contributed by atoms with van der Waals surface area (Å²) in [6, 6.07) is 6.89. The average molecular weight is 436 g/mol. The highest BCUT2D eigenvalue weighted by molar-refractivity contribution is 5.90. The predicted molar refractivity (Wildman–Crippen MR) is 115 cm³/mol.